The fourth-order valence-corrected chi connectivity index (χ4v) is 4.60. The van der Waals surface area contributed by atoms with Gasteiger partial charge in [0.25, 0.3) is 15.9 Å². The highest BCUT2D eigenvalue weighted by Crippen LogP contribution is 2.27. The van der Waals surface area contributed by atoms with Crippen molar-refractivity contribution in [3.8, 4) is 17.2 Å². The summed E-state index contributed by atoms with van der Waals surface area (Å²) in [5.41, 5.74) is 4.17. The van der Waals surface area contributed by atoms with Gasteiger partial charge in [-0.2, -0.15) is 5.10 Å². The maximum atomic E-state index is 13.5. The summed E-state index contributed by atoms with van der Waals surface area (Å²) >= 11 is 0. The quantitative estimate of drug-likeness (QED) is 0.340. The number of anilines is 1. The van der Waals surface area contributed by atoms with Gasteiger partial charge >= 0.3 is 0 Å². The van der Waals surface area contributed by atoms with Gasteiger partial charge in [0.05, 0.1) is 38.1 Å². The lowest BCUT2D eigenvalue weighted by Crippen LogP contribution is -2.39. The van der Waals surface area contributed by atoms with E-state index in [4.69, 9.17) is 14.2 Å². The topological polar surface area (TPSA) is 107 Å². The lowest BCUT2D eigenvalue weighted by atomic mass is 10.2. The van der Waals surface area contributed by atoms with Crippen molar-refractivity contribution in [2.45, 2.75) is 11.8 Å². The van der Waals surface area contributed by atoms with E-state index in [9.17, 15) is 13.2 Å². The number of nitrogens with zero attached hydrogens (tertiary/aromatic N) is 2. The Hall–Kier alpha value is -4.05. The first-order valence-electron chi connectivity index (χ1n) is 10.6. The smallest absolute Gasteiger partial charge is 0.264 e. The lowest BCUT2D eigenvalue weighted by Gasteiger charge is -2.24. The second-order valence-electron chi connectivity index (χ2n) is 7.43. The van der Waals surface area contributed by atoms with E-state index in [1.54, 1.807) is 61.7 Å². The first-order chi connectivity index (χ1) is 16.8. The molecule has 3 aromatic carbocycles. The molecule has 1 amide bonds. The molecule has 0 saturated carbocycles. The number of sulfonamides is 1. The highest BCUT2D eigenvalue weighted by atomic mass is 32.2. The third-order valence-electron chi connectivity index (χ3n) is 5.07. The number of nitrogens with one attached hydrogen (secondary N) is 1. The molecule has 0 heterocycles. The molecule has 0 aliphatic carbocycles. The predicted octanol–water partition coefficient (Wildman–Crippen LogP) is 3.37. The van der Waals surface area contributed by atoms with Gasteiger partial charge in [0.2, 0.25) is 0 Å². The summed E-state index contributed by atoms with van der Waals surface area (Å²) in [4.78, 5) is 12.8. The van der Waals surface area contributed by atoms with E-state index in [0.717, 1.165) is 9.87 Å². The van der Waals surface area contributed by atoms with E-state index < -0.39 is 22.5 Å². The minimum atomic E-state index is -4.06. The molecule has 3 rings (SSSR count). The molecule has 0 aliphatic rings. The van der Waals surface area contributed by atoms with Crippen molar-refractivity contribution in [2.24, 2.45) is 5.10 Å². The van der Waals surface area contributed by atoms with Gasteiger partial charge in [0, 0.05) is 17.7 Å². The normalized spacial score (nSPS) is 11.2. The van der Waals surface area contributed by atoms with Crippen molar-refractivity contribution in [3.63, 3.8) is 0 Å². The first-order valence-corrected chi connectivity index (χ1v) is 12.0. The average molecular weight is 498 g/mol. The molecule has 9 nitrogen and oxygen atoms in total. The van der Waals surface area contributed by atoms with E-state index in [2.05, 4.69) is 10.5 Å². The van der Waals surface area contributed by atoms with Crippen molar-refractivity contribution >= 4 is 27.8 Å². The Morgan fingerprint density at radius 1 is 0.943 bits per heavy atom. The van der Waals surface area contributed by atoms with Crippen molar-refractivity contribution < 1.29 is 27.4 Å². The van der Waals surface area contributed by atoms with Crippen LogP contribution < -0.4 is 23.9 Å². The van der Waals surface area contributed by atoms with Gasteiger partial charge in [0.15, 0.2) is 0 Å². The van der Waals surface area contributed by atoms with Gasteiger partial charge in [-0.1, -0.05) is 23.8 Å². The second kappa shape index (κ2) is 11.4. The molecule has 10 heteroatoms. The summed E-state index contributed by atoms with van der Waals surface area (Å²) in [5, 5.41) is 3.96. The number of carbonyl (C=O) groups excluding carboxylic acids is 1. The predicted molar refractivity (Wildman–Crippen MR) is 134 cm³/mol. The monoisotopic (exact) mass is 497 g/mol. The number of hydrogen-bond donors (Lipinski definition) is 1. The minimum absolute atomic E-state index is 0.0604. The van der Waals surface area contributed by atoms with Gasteiger partial charge in [-0.05, 0) is 43.3 Å². The molecule has 35 heavy (non-hydrogen) atoms. The number of ether oxygens (including phenoxy) is 3. The summed E-state index contributed by atoms with van der Waals surface area (Å²) in [5.74, 6) is 0.935. The Labute approximate surface area is 205 Å². The highest BCUT2D eigenvalue weighted by molar-refractivity contribution is 7.92. The van der Waals surface area contributed by atoms with Crippen LogP contribution in [0.1, 0.15) is 11.1 Å². The van der Waals surface area contributed by atoms with Crippen LogP contribution in [0.25, 0.3) is 0 Å². The Morgan fingerprint density at radius 2 is 1.63 bits per heavy atom. The Bertz CT molecular complexity index is 1310. The summed E-state index contributed by atoms with van der Waals surface area (Å²) in [7, 11) is 0.473. The molecule has 0 radical (unpaired) electrons. The van der Waals surface area contributed by atoms with E-state index >= 15 is 0 Å². The minimum Gasteiger partial charge on any atom is -0.497 e. The number of benzene rings is 3. The zero-order chi connectivity index (χ0) is 25.4. The summed E-state index contributed by atoms with van der Waals surface area (Å²) < 4.78 is 43.6. The zero-order valence-electron chi connectivity index (χ0n) is 19.9. The van der Waals surface area contributed by atoms with Crippen LogP contribution in [0.2, 0.25) is 0 Å². The van der Waals surface area contributed by atoms with Crippen LogP contribution in [-0.4, -0.2) is 48.4 Å². The molecule has 0 unspecified atom stereocenters. The first kappa shape index (κ1) is 25.6. The fraction of sp³-hybridized carbons (Fsp3) is 0.200. The number of amides is 1. The molecule has 0 spiro atoms. The molecule has 184 valence electrons. The maximum Gasteiger partial charge on any atom is 0.264 e. The van der Waals surface area contributed by atoms with Crippen LogP contribution >= 0.6 is 0 Å². The van der Waals surface area contributed by atoms with Crippen LogP contribution in [0, 0.1) is 6.92 Å². The van der Waals surface area contributed by atoms with E-state index in [0.29, 0.717) is 22.8 Å². The van der Waals surface area contributed by atoms with Gasteiger partial charge < -0.3 is 14.2 Å². The lowest BCUT2D eigenvalue weighted by molar-refractivity contribution is -0.119. The molecule has 0 aliphatic heterocycles. The zero-order valence-corrected chi connectivity index (χ0v) is 20.7. The standard InChI is InChI=1S/C25H27N3O6S/c1-18-8-12-23(13-9-18)35(30,31)28(20-6-5-7-21(14-20)32-2)17-25(29)27-26-16-19-10-11-22(33-3)15-24(19)34-4/h5-16H,17H2,1-4H3,(H,27,29)/b26-16-. The molecular weight excluding hydrogens is 470 g/mol. The molecule has 0 aromatic heterocycles. The molecule has 0 fully saturated rings. The SMILES string of the molecule is COc1cccc(N(CC(=O)N/N=C\c2ccc(OC)cc2OC)S(=O)(=O)c2ccc(C)cc2)c1. The fourth-order valence-electron chi connectivity index (χ4n) is 3.18. The summed E-state index contributed by atoms with van der Waals surface area (Å²) in [6.07, 6.45) is 1.40. The average Bonchev–Trinajstić information content (AvgIpc) is 2.87. The summed E-state index contributed by atoms with van der Waals surface area (Å²) in [6, 6.07) is 18.0. The van der Waals surface area contributed by atoms with Crippen LogP contribution in [0.15, 0.2) is 76.7 Å². The Kier molecular flexibility index (Phi) is 8.32. The van der Waals surface area contributed by atoms with Gasteiger partial charge in [-0.15, -0.1) is 0 Å². The van der Waals surface area contributed by atoms with Crippen LogP contribution in [0.3, 0.4) is 0 Å². The van der Waals surface area contributed by atoms with Gasteiger partial charge in [0.1, 0.15) is 23.8 Å². The largest absolute Gasteiger partial charge is 0.497 e. The number of hydrogen-bond acceptors (Lipinski definition) is 7. The third kappa shape index (κ3) is 6.30. The van der Waals surface area contributed by atoms with Crippen molar-refractivity contribution in [1.82, 2.24) is 5.43 Å². The number of hydrazone groups is 1. The molecular formula is C25H27N3O6S. The molecule has 1 N–H and O–H groups in total. The summed E-state index contributed by atoms with van der Waals surface area (Å²) in [6.45, 7) is 1.36. The Balaban J connectivity index is 1.85. The van der Waals surface area contributed by atoms with Crippen molar-refractivity contribution in [3.05, 3.63) is 77.9 Å². The number of methoxy groups -OCH3 is 3. The number of carbonyl (C=O) groups is 1. The number of aryl methyl sites for hydroxylation is 1. The molecule has 0 atom stereocenters. The van der Waals surface area contributed by atoms with Crippen LogP contribution in [0.4, 0.5) is 5.69 Å². The van der Waals surface area contributed by atoms with Crippen molar-refractivity contribution in [1.29, 1.82) is 0 Å². The second-order valence-corrected chi connectivity index (χ2v) is 9.29. The van der Waals surface area contributed by atoms with E-state index in [-0.39, 0.29) is 10.6 Å². The molecule has 3 aromatic rings. The highest BCUT2D eigenvalue weighted by Gasteiger charge is 2.27. The number of rotatable bonds is 10. The van der Waals surface area contributed by atoms with E-state index in [1.165, 1.54) is 32.6 Å². The maximum absolute atomic E-state index is 13.5. The van der Waals surface area contributed by atoms with Crippen molar-refractivity contribution in [2.75, 3.05) is 32.2 Å². The van der Waals surface area contributed by atoms with Crippen LogP contribution in [-0.2, 0) is 14.8 Å². The van der Waals surface area contributed by atoms with Gasteiger partial charge in [-0.25, -0.2) is 13.8 Å². The molecule has 0 bridgehead atoms. The third-order valence-corrected chi connectivity index (χ3v) is 6.86. The molecule has 0 saturated heterocycles. The van der Waals surface area contributed by atoms with Crippen LogP contribution in [0.5, 0.6) is 17.2 Å². The van der Waals surface area contributed by atoms with E-state index in [1.807, 2.05) is 6.92 Å². The Morgan fingerprint density at radius 3 is 2.29 bits per heavy atom. The van der Waals surface area contributed by atoms with Gasteiger partial charge in [-0.3, -0.25) is 9.10 Å².